The van der Waals surface area contributed by atoms with Crippen molar-refractivity contribution in [1.29, 1.82) is 0 Å². The number of benzene rings is 2. The SMILES string of the molecule is CCOc1cc(C2C(C(=O)OC3CCCCC3)=C(C)Nc3nc(SCc4ccccc4)nn32)cc(Br)c1OC. The van der Waals surface area contributed by atoms with Crippen LogP contribution in [0.5, 0.6) is 11.5 Å². The van der Waals surface area contributed by atoms with Gasteiger partial charge in [-0.1, -0.05) is 48.5 Å². The van der Waals surface area contributed by atoms with E-state index in [0.717, 1.165) is 41.5 Å². The Kier molecular flexibility index (Phi) is 8.82. The average Bonchev–Trinajstić information content (AvgIpc) is 3.34. The number of hydrogen-bond donors (Lipinski definition) is 1. The molecule has 3 aromatic rings. The number of ether oxygens (including phenoxy) is 3. The van der Waals surface area contributed by atoms with Crippen LogP contribution < -0.4 is 14.8 Å². The van der Waals surface area contributed by atoms with Crippen LogP contribution in [-0.2, 0) is 15.3 Å². The number of anilines is 1. The number of carbonyl (C=O) groups excluding carboxylic acids is 1. The Morgan fingerprint density at radius 2 is 1.95 bits per heavy atom. The van der Waals surface area contributed by atoms with Crippen molar-refractivity contribution in [3.05, 3.63) is 69.3 Å². The predicted octanol–water partition coefficient (Wildman–Crippen LogP) is 6.91. The van der Waals surface area contributed by atoms with Crippen LogP contribution in [0.25, 0.3) is 0 Å². The summed E-state index contributed by atoms with van der Waals surface area (Å²) >= 11 is 5.19. The maximum Gasteiger partial charge on any atom is 0.338 e. The fourth-order valence-electron chi connectivity index (χ4n) is 5.09. The van der Waals surface area contributed by atoms with Crippen LogP contribution in [0, 0.1) is 0 Å². The summed E-state index contributed by atoms with van der Waals surface area (Å²) in [4.78, 5) is 18.5. The highest BCUT2D eigenvalue weighted by Gasteiger charge is 2.37. The number of esters is 1. The Labute approximate surface area is 241 Å². The van der Waals surface area contributed by atoms with Crippen molar-refractivity contribution in [2.75, 3.05) is 19.0 Å². The molecule has 1 aromatic heterocycles. The molecular formula is C29H33BrN4O4S. The van der Waals surface area contributed by atoms with Gasteiger partial charge in [-0.2, -0.15) is 4.98 Å². The Bertz CT molecular complexity index is 1350. The fraction of sp³-hybridized carbons (Fsp3) is 0.414. The van der Waals surface area contributed by atoms with Gasteiger partial charge in [-0.25, -0.2) is 9.48 Å². The summed E-state index contributed by atoms with van der Waals surface area (Å²) in [5, 5.41) is 8.80. The molecule has 8 nitrogen and oxygen atoms in total. The highest BCUT2D eigenvalue weighted by Crippen LogP contribution is 2.43. The Balaban J connectivity index is 1.54. The Morgan fingerprint density at radius 1 is 1.18 bits per heavy atom. The van der Waals surface area contributed by atoms with Gasteiger partial charge in [-0.15, -0.1) is 5.10 Å². The molecule has 1 saturated carbocycles. The summed E-state index contributed by atoms with van der Waals surface area (Å²) in [5.41, 5.74) is 3.21. The Morgan fingerprint density at radius 3 is 2.67 bits per heavy atom. The molecule has 5 rings (SSSR count). The van der Waals surface area contributed by atoms with E-state index in [2.05, 4.69) is 33.4 Å². The van der Waals surface area contributed by atoms with Gasteiger partial charge in [-0.05, 0) is 78.7 Å². The van der Waals surface area contributed by atoms with Crippen LogP contribution in [0.2, 0.25) is 0 Å². The van der Waals surface area contributed by atoms with E-state index in [4.69, 9.17) is 24.3 Å². The number of allylic oxidation sites excluding steroid dienone is 1. The number of thioether (sulfide) groups is 1. The number of nitrogens with one attached hydrogen (secondary N) is 1. The molecule has 1 atom stereocenters. The number of rotatable bonds is 9. The molecule has 1 N–H and O–H groups in total. The lowest BCUT2D eigenvalue weighted by Gasteiger charge is -2.30. The highest BCUT2D eigenvalue weighted by atomic mass is 79.9. The largest absolute Gasteiger partial charge is 0.492 e. The van der Waals surface area contributed by atoms with E-state index in [1.807, 2.05) is 44.2 Å². The van der Waals surface area contributed by atoms with Gasteiger partial charge in [0, 0.05) is 11.4 Å². The van der Waals surface area contributed by atoms with Gasteiger partial charge >= 0.3 is 5.97 Å². The van der Waals surface area contributed by atoms with Crippen molar-refractivity contribution in [3.8, 4) is 11.5 Å². The minimum Gasteiger partial charge on any atom is -0.492 e. The standard InChI is InChI=1S/C29H33BrN4O4S/c1-4-37-23-16-20(15-22(30)26(23)36-3)25-24(27(35)38-21-13-9-6-10-14-21)18(2)31-28-32-29(33-34(25)28)39-17-19-11-7-5-8-12-19/h5,7-8,11-12,15-16,21,25H,4,6,9-10,13-14,17H2,1-3H3,(H,31,32,33). The lowest BCUT2D eigenvalue weighted by molar-refractivity contribution is -0.146. The number of methoxy groups -OCH3 is 1. The van der Waals surface area contributed by atoms with E-state index < -0.39 is 6.04 Å². The molecule has 0 bridgehead atoms. The van der Waals surface area contributed by atoms with Crippen molar-refractivity contribution < 1.29 is 19.0 Å². The minimum atomic E-state index is -0.558. The first-order chi connectivity index (χ1) is 19.0. The van der Waals surface area contributed by atoms with Crippen molar-refractivity contribution in [1.82, 2.24) is 14.8 Å². The van der Waals surface area contributed by atoms with Gasteiger partial charge in [0.1, 0.15) is 12.1 Å². The van der Waals surface area contributed by atoms with Crippen LogP contribution in [0.4, 0.5) is 5.95 Å². The normalized spacial score (nSPS) is 17.4. The molecule has 2 aromatic carbocycles. The first-order valence-electron chi connectivity index (χ1n) is 13.3. The summed E-state index contributed by atoms with van der Waals surface area (Å²) in [5.74, 6) is 2.16. The van der Waals surface area contributed by atoms with Crippen LogP contribution >= 0.6 is 27.7 Å². The molecule has 1 aliphatic carbocycles. The van der Waals surface area contributed by atoms with Gasteiger partial charge in [0.2, 0.25) is 11.1 Å². The number of halogens is 1. The fourth-order valence-corrected chi connectivity index (χ4v) is 6.50. The predicted molar refractivity (Wildman–Crippen MR) is 155 cm³/mol. The molecule has 1 fully saturated rings. The second-order valence-electron chi connectivity index (χ2n) is 9.64. The van der Waals surface area contributed by atoms with E-state index in [0.29, 0.717) is 40.5 Å². The molecule has 0 saturated heterocycles. The lowest BCUT2D eigenvalue weighted by Crippen LogP contribution is -2.32. The monoisotopic (exact) mass is 612 g/mol. The lowest BCUT2D eigenvalue weighted by atomic mass is 9.94. The zero-order chi connectivity index (χ0) is 27.4. The third kappa shape index (κ3) is 6.11. The topological polar surface area (TPSA) is 87.5 Å². The Hall–Kier alpha value is -2.98. The molecule has 10 heteroatoms. The van der Waals surface area contributed by atoms with E-state index in [1.165, 1.54) is 12.0 Å². The van der Waals surface area contributed by atoms with E-state index in [9.17, 15) is 4.79 Å². The van der Waals surface area contributed by atoms with E-state index in [-0.39, 0.29) is 12.1 Å². The summed E-state index contributed by atoms with van der Waals surface area (Å²) in [6.45, 7) is 4.29. The number of fused-ring (bicyclic) bond motifs is 1. The zero-order valence-electron chi connectivity index (χ0n) is 22.4. The third-order valence-electron chi connectivity index (χ3n) is 6.94. The minimum absolute atomic E-state index is 0.0667. The molecule has 39 heavy (non-hydrogen) atoms. The summed E-state index contributed by atoms with van der Waals surface area (Å²) in [7, 11) is 1.61. The average molecular weight is 614 g/mol. The molecule has 206 valence electrons. The van der Waals surface area contributed by atoms with Gasteiger partial charge in [0.15, 0.2) is 11.5 Å². The van der Waals surface area contributed by atoms with Gasteiger partial charge in [0.05, 0.1) is 23.8 Å². The van der Waals surface area contributed by atoms with Gasteiger partial charge in [0.25, 0.3) is 0 Å². The van der Waals surface area contributed by atoms with Crippen molar-refractivity contribution in [2.24, 2.45) is 0 Å². The molecule has 0 amide bonds. The first kappa shape index (κ1) is 27.6. The summed E-state index contributed by atoms with van der Waals surface area (Å²) in [6, 6.07) is 13.5. The summed E-state index contributed by atoms with van der Waals surface area (Å²) in [6.07, 6.45) is 5.07. The van der Waals surface area contributed by atoms with Crippen LogP contribution in [-0.4, -0.2) is 40.6 Å². The van der Waals surface area contributed by atoms with Crippen molar-refractivity contribution in [2.45, 2.75) is 69.0 Å². The van der Waals surface area contributed by atoms with Gasteiger partial charge in [-0.3, -0.25) is 0 Å². The molecule has 0 radical (unpaired) electrons. The molecule has 1 aliphatic heterocycles. The van der Waals surface area contributed by atoms with Crippen molar-refractivity contribution in [3.63, 3.8) is 0 Å². The smallest absolute Gasteiger partial charge is 0.338 e. The maximum atomic E-state index is 13.8. The second kappa shape index (κ2) is 12.5. The van der Waals surface area contributed by atoms with Crippen molar-refractivity contribution >= 4 is 39.6 Å². The highest BCUT2D eigenvalue weighted by molar-refractivity contribution is 9.10. The summed E-state index contributed by atoms with van der Waals surface area (Å²) < 4.78 is 20.1. The molecule has 1 unspecified atom stereocenters. The second-order valence-corrected chi connectivity index (χ2v) is 11.4. The van der Waals surface area contributed by atoms with E-state index in [1.54, 1.807) is 23.6 Å². The number of nitrogens with zero attached hydrogens (tertiary/aromatic N) is 3. The quantitative estimate of drug-likeness (QED) is 0.206. The third-order valence-corrected chi connectivity index (χ3v) is 8.44. The van der Waals surface area contributed by atoms with Crippen LogP contribution in [0.15, 0.2) is 63.4 Å². The number of aromatic nitrogens is 3. The zero-order valence-corrected chi connectivity index (χ0v) is 24.8. The molecule has 0 spiro atoms. The number of hydrogen-bond acceptors (Lipinski definition) is 8. The van der Waals surface area contributed by atoms with Crippen LogP contribution in [0.1, 0.15) is 63.1 Å². The molecule has 2 heterocycles. The molecule has 2 aliphatic rings. The first-order valence-corrected chi connectivity index (χ1v) is 15.1. The van der Waals surface area contributed by atoms with Crippen LogP contribution in [0.3, 0.4) is 0 Å². The van der Waals surface area contributed by atoms with E-state index >= 15 is 0 Å². The molecular weight excluding hydrogens is 580 g/mol. The number of carbonyl (C=O) groups is 1. The van der Waals surface area contributed by atoms with Gasteiger partial charge < -0.3 is 19.5 Å². The maximum absolute atomic E-state index is 13.8.